The molecule has 0 aromatic rings. The second-order valence-corrected chi connectivity index (χ2v) is 4.26. The second-order valence-electron chi connectivity index (χ2n) is 4.26. The van der Waals surface area contributed by atoms with Crippen LogP contribution in [0.25, 0.3) is 0 Å². The van der Waals surface area contributed by atoms with E-state index < -0.39 is 5.97 Å². The molecule has 0 aliphatic carbocycles. The number of rotatable bonds is 6. The molecule has 1 saturated heterocycles. The molecule has 0 bridgehead atoms. The molecule has 0 atom stereocenters. The Morgan fingerprint density at radius 1 is 1.32 bits per heavy atom. The Balaban J connectivity index is 2.44. The maximum atomic E-state index is 11.5. The number of allylic oxidation sites excluding steroid dienone is 2. The number of piperidine rings is 1. The SMILES string of the molecule is COCCOC(=O)/C(C#N)=C/C=C/N1CCCCC1. The van der Waals surface area contributed by atoms with Crippen molar-refractivity contribution in [3.05, 3.63) is 23.9 Å². The van der Waals surface area contributed by atoms with E-state index in [0.717, 1.165) is 13.1 Å². The summed E-state index contributed by atoms with van der Waals surface area (Å²) in [4.78, 5) is 13.7. The van der Waals surface area contributed by atoms with Crippen molar-refractivity contribution in [1.82, 2.24) is 4.90 Å². The molecule has 0 radical (unpaired) electrons. The van der Waals surface area contributed by atoms with Gasteiger partial charge in [-0.2, -0.15) is 5.26 Å². The fourth-order valence-electron chi connectivity index (χ4n) is 1.77. The van der Waals surface area contributed by atoms with Crippen LogP contribution in [0, 0.1) is 11.3 Å². The molecule has 0 aromatic carbocycles. The van der Waals surface area contributed by atoms with Gasteiger partial charge in [-0.25, -0.2) is 4.79 Å². The van der Waals surface area contributed by atoms with Crippen molar-refractivity contribution in [2.75, 3.05) is 33.4 Å². The van der Waals surface area contributed by atoms with Gasteiger partial charge in [0, 0.05) is 20.2 Å². The van der Waals surface area contributed by atoms with Crippen LogP contribution in [-0.4, -0.2) is 44.3 Å². The van der Waals surface area contributed by atoms with Crippen LogP contribution in [-0.2, 0) is 14.3 Å². The Bertz CT molecular complexity index is 377. The van der Waals surface area contributed by atoms with Crippen LogP contribution >= 0.6 is 0 Å². The minimum absolute atomic E-state index is 0.00404. The van der Waals surface area contributed by atoms with E-state index in [9.17, 15) is 4.79 Å². The molecule has 19 heavy (non-hydrogen) atoms. The highest BCUT2D eigenvalue weighted by Gasteiger charge is 2.09. The van der Waals surface area contributed by atoms with Crippen molar-refractivity contribution in [3.8, 4) is 6.07 Å². The lowest BCUT2D eigenvalue weighted by molar-refractivity contribution is -0.139. The Morgan fingerprint density at radius 3 is 2.68 bits per heavy atom. The van der Waals surface area contributed by atoms with Gasteiger partial charge >= 0.3 is 5.97 Å². The number of nitrogens with zero attached hydrogens (tertiary/aromatic N) is 2. The topological polar surface area (TPSA) is 62.6 Å². The van der Waals surface area contributed by atoms with Gasteiger partial charge in [-0.15, -0.1) is 0 Å². The fraction of sp³-hybridized carbons (Fsp3) is 0.571. The average molecular weight is 264 g/mol. The molecule has 1 rings (SSSR count). The van der Waals surface area contributed by atoms with Crippen LogP contribution in [0.2, 0.25) is 0 Å². The van der Waals surface area contributed by atoms with Crippen molar-refractivity contribution in [3.63, 3.8) is 0 Å². The van der Waals surface area contributed by atoms with E-state index in [1.807, 2.05) is 12.3 Å². The minimum Gasteiger partial charge on any atom is -0.459 e. The van der Waals surface area contributed by atoms with E-state index in [4.69, 9.17) is 14.7 Å². The first-order valence-electron chi connectivity index (χ1n) is 6.46. The Labute approximate surface area is 114 Å². The zero-order valence-electron chi connectivity index (χ0n) is 11.3. The van der Waals surface area contributed by atoms with Gasteiger partial charge in [-0.05, 0) is 37.6 Å². The molecule has 0 N–H and O–H groups in total. The van der Waals surface area contributed by atoms with Gasteiger partial charge in [0.25, 0.3) is 0 Å². The zero-order chi connectivity index (χ0) is 13.9. The lowest BCUT2D eigenvalue weighted by Gasteiger charge is -2.24. The van der Waals surface area contributed by atoms with Crippen LogP contribution in [0.1, 0.15) is 19.3 Å². The molecule has 1 heterocycles. The number of methoxy groups -OCH3 is 1. The zero-order valence-corrected chi connectivity index (χ0v) is 11.3. The maximum Gasteiger partial charge on any atom is 0.348 e. The van der Waals surface area contributed by atoms with E-state index in [1.165, 1.54) is 32.4 Å². The highest BCUT2D eigenvalue weighted by atomic mass is 16.6. The van der Waals surface area contributed by atoms with Crippen LogP contribution < -0.4 is 0 Å². The van der Waals surface area contributed by atoms with E-state index in [2.05, 4.69) is 4.90 Å². The van der Waals surface area contributed by atoms with E-state index in [1.54, 1.807) is 6.08 Å². The molecule has 0 aromatic heterocycles. The van der Waals surface area contributed by atoms with Crippen molar-refractivity contribution in [2.24, 2.45) is 0 Å². The first-order valence-corrected chi connectivity index (χ1v) is 6.46. The van der Waals surface area contributed by atoms with Gasteiger partial charge in [0.2, 0.25) is 0 Å². The van der Waals surface area contributed by atoms with Crippen molar-refractivity contribution < 1.29 is 14.3 Å². The molecule has 1 aliphatic rings. The molecule has 0 saturated carbocycles. The molecule has 5 heteroatoms. The van der Waals surface area contributed by atoms with Crippen molar-refractivity contribution >= 4 is 5.97 Å². The molecule has 0 spiro atoms. The van der Waals surface area contributed by atoms with E-state index >= 15 is 0 Å². The summed E-state index contributed by atoms with van der Waals surface area (Å²) in [7, 11) is 1.52. The highest BCUT2D eigenvalue weighted by molar-refractivity contribution is 5.93. The Hall–Kier alpha value is -1.80. The number of hydrogen-bond acceptors (Lipinski definition) is 5. The quantitative estimate of drug-likeness (QED) is 0.240. The Kier molecular flexibility index (Phi) is 7.37. The average Bonchev–Trinajstić information content (AvgIpc) is 2.45. The predicted molar refractivity (Wildman–Crippen MR) is 71.1 cm³/mol. The molecule has 0 unspecified atom stereocenters. The monoisotopic (exact) mass is 264 g/mol. The smallest absolute Gasteiger partial charge is 0.348 e. The fourth-order valence-corrected chi connectivity index (χ4v) is 1.77. The summed E-state index contributed by atoms with van der Waals surface area (Å²) in [5.41, 5.74) is 0.00404. The molecule has 1 aliphatic heterocycles. The molecular formula is C14H20N2O3. The lowest BCUT2D eigenvalue weighted by atomic mass is 10.1. The van der Waals surface area contributed by atoms with Crippen molar-refractivity contribution in [2.45, 2.75) is 19.3 Å². The molecule has 1 fully saturated rings. The highest BCUT2D eigenvalue weighted by Crippen LogP contribution is 2.08. The number of hydrogen-bond donors (Lipinski definition) is 0. The number of carbonyl (C=O) groups is 1. The minimum atomic E-state index is -0.608. The maximum absolute atomic E-state index is 11.5. The third-order valence-corrected chi connectivity index (χ3v) is 2.81. The van der Waals surface area contributed by atoms with Crippen LogP contribution in [0.4, 0.5) is 0 Å². The number of carbonyl (C=O) groups excluding carboxylic acids is 1. The standard InChI is InChI=1S/C14H20N2O3/c1-18-10-11-19-14(17)13(12-15)6-5-9-16-7-3-2-4-8-16/h5-6,9H,2-4,7-8,10-11H2,1H3/b9-5+,13-6+. The van der Waals surface area contributed by atoms with Gasteiger partial charge in [0.05, 0.1) is 6.61 Å². The number of ether oxygens (including phenoxy) is 2. The van der Waals surface area contributed by atoms with E-state index in [0.29, 0.717) is 6.61 Å². The number of likely N-dealkylation sites (tertiary alicyclic amines) is 1. The third kappa shape index (κ3) is 6.07. The van der Waals surface area contributed by atoms with Crippen LogP contribution in [0.5, 0.6) is 0 Å². The van der Waals surface area contributed by atoms with Gasteiger partial charge in [-0.3, -0.25) is 0 Å². The summed E-state index contributed by atoms with van der Waals surface area (Å²) < 4.78 is 9.64. The van der Waals surface area contributed by atoms with Gasteiger partial charge in [-0.1, -0.05) is 0 Å². The first-order chi connectivity index (χ1) is 9.27. The second kappa shape index (κ2) is 9.17. The summed E-state index contributed by atoms with van der Waals surface area (Å²) in [6, 6.07) is 1.84. The third-order valence-electron chi connectivity index (χ3n) is 2.81. The molecule has 104 valence electrons. The van der Waals surface area contributed by atoms with Gasteiger partial charge in [0.1, 0.15) is 18.2 Å². The lowest BCUT2D eigenvalue weighted by Crippen LogP contribution is -2.23. The Morgan fingerprint density at radius 2 is 2.05 bits per heavy atom. The van der Waals surface area contributed by atoms with Crippen LogP contribution in [0.3, 0.4) is 0 Å². The number of nitriles is 1. The largest absolute Gasteiger partial charge is 0.459 e. The summed E-state index contributed by atoms with van der Waals surface area (Å²) in [6.45, 7) is 2.55. The summed E-state index contributed by atoms with van der Waals surface area (Å²) in [5.74, 6) is -0.608. The van der Waals surface area contributed by atoms with E-state index in [-0.39, 0.29) is 12.2 Å². The molecule has 0 amide bonds. The van der Waals surface area contributed by atoms with Gasteiger partial charge < -0.3 is 14.4 Å². The van der Waals surface area contributed by atoms with Crippen LogP contribution in [0.15, 0.2) is 23.9 Å². The first kappa shape index (κ1) is 15.3. The molecule has 5 nitrogen and oxygen atoms in total. The normalized spacial score (nSPS) is 16.4. The molecular weight excluding hydrogens is 244 g/mol. The summed E-state index contributed by atoms with van der Waals surface area (Å²) >= 11 is 0. The summed E-state index contributed by atoms with van der Waals surface area (Å²) in [6.07, 6.45) is 8.79. The van der Waals surface area contributed by atoms with Gasteiger partial charge in [0.15, 0.2) is 0 Å². The summed E-state index contributed by atoms with van der Waals surface area (Å²) in [5, 5.41) is 8.89. The van der Waals surface area contributed by atoms with Crippen molar-refractivity contribution in [1.29, 1.82) is 5.26 Å². The number of esters is 1. The predicted octanol–water partition coefficient (Wildman–Crippen LogP) is 1.63.